The number of fused-ring (bicyclic) bond motifs is 1. The van der Waals surface area contributed by atoms with Crippen LogP contribution in [0.15, 0.2) is 102 Å². The number of aromatic hydroxyl groups is 1. The first-order valence-corrected chi connectivity index (χ1v) is 14.2. The largest absolute Gasteiger partial charge is 0.504 e. The molecule has 226 valence electrons. The van der Waals surface area contributed by atoms with Gasteiger partial charge in [-0.05, 0) is 108 Å². The van der Waals surface area contributed by atoms with Crippen molar-refractivity contribution in [1.82, 2.24) is 0 Å². The highest BCUT2D eigenvalue weighted by Gasteiger charge is 2.10. The lowest BCUT2D eigenvalue weighted by molar-refractivity contribution is -0.137. The van der Waals surface area contributed by atoms with Gasteiger partial charge in [0.15, 0.2) is 11.5 Å². The van der Waals surface area contributed by atoms with Gasteiger partial charge in [-0.15, -0.1) is 0 Å². The summed E-state index contributed by atoms with van der Waals surface area (Å²) >= 11 is 0. The Kier molecular flexibility index (Phi) is 11.6. The number of unbranched alkanes of at least 4 members (excludes halogenated alkanes) is 3. The summed E-state index contributed by atoms with van der Waals surface area (Å²) in [7, 11) is 1.48. The number of carbonyl (C=O) groups is 2. The second kappa shape index (κ2) is 16.3. The minimum absolute atomic E-state index is 0.0599. The molecule has 0 radical (unpaired) electrons. The van der Waals surface area contributed by atoms with Gasteiger partial charge in [-0.3, -0.25) is 0 Å². The van der Waals surface area contributed by atoms with Gasteiger partial charge in [-0.1, -0.05) is 24.8 Å². The second-order valence-electron chi connectivity index (χ2n) is 9.74. The molecule has 0 aliphatic rings. The predicted molar refractivity (Wildman–Crippen MR) is 170 cm³/mol. The zero-order valence-electron chi connectivity index (χ0n) is 24.5. The fourth-order valence-corrected chi connectivity index (χ4v) is 4.19. The number of benzene rings is 4. The Balaban J connectivity index is 1.23. The van der Waals surface area contributed by atoms with E-state index < -0.39 is 11.9 Å². The van der Waals surface area contributed by atoms with Crippen LogP contribution in [-0.2, 0) is 9.53 Å². The van der Waals surface area contributed by atoms with Crippen LogP contribution in [0.4, 0.5) is 0 Å². The van der Waals surface area contributed by atoms with Crippen LogP contribution in [0, 0.1) is 0 Å². The van der Waals surface area contributed by atoms with E-state index in [2.05, 4.69) is 16.8 Å². The number of phenolic OH excluding ortho intramolecular Hbond substituents is 1. The Morgan fingerprint density at radius 2 is 1.41 bits per heavy atom. The Bertz CT molecular complexity index is 1650. The van der Waals surface area contributed by atoms with Gasteiger partial charge < -0.3 is 24.1 Å². The topological polar surface area (TPSA) is 116 Å². The van der Waals surface area contributed by atoms with Crippen molar-refractivity contribution in [3.05, 3.63) is 108 Å². The van der Waals surface area contributed by atoms with Gasteiger partial charge in [-0.25, -0.2) is 9.59 Å². The summed E-state index contributed by atoms with van der Waals surface area (Å²) in [6.07, 6.45) is 7.96. The molecule has 0 spiro atoms. The molecule has 44 heavy (non-hydrogen) atoms. The highest BCUT2D eigenvalue weighted by molar-refractivity contribution is 5.94. The first-order valence-electron chi connectivity index (χ1n) is 14.2. The van der Waals surface area contributed by atoms with E-state index in [-0.39, 0.29) is 5.75 Å². The van der Waals surface area contributed by atoms with E-state index in [4.69, 9.17) is 18.9 Å². The smallest absolute Gasteiger partial charge is 0.343 e. The Morgan fingerprint density at radius 1 is 0.773 bits per heavy atom. The number of hydrogen-bond donors (Lipinski definition) is 1. The Labute approximate surface area is 256 Å². The van der Waals surface area contributed by atoms with Crippen LogP contribution in [0.2, 0.25) is 0 Å². The van der Waals surface area contributed by atoms with Crippen molar-refractivity contribution in [2.45, 2.75) is 25.7 Å². The lowest BCUT2D eigenvalue weighted by atomic mass is 10.1. The molecule has 0 heterocycles. The monoisotopic (exact) mass is 594 g/mol. The molecule has 9 nitrogen and oxygen atoms in total. The molecule has 0 aliphatic heterocycles. The number of hydrogen-bond acceptors (Lipinski definition) is 9. The molecule has 0 bridgehead atoms. The summed E-state index contributed by atoms with van der Waals surface area (Å²) in [6.45, 7) is 4.32. The normalized spacial score (nSPS) is 11.1. The van der Waals surface area contributed by atoms with Gasteiger partial charge in [0, 0.05) is 6.08 Å². The van der Waals surface area contributed by atoms with Gasteiger partial charge in [0.05, 0.1) is 38.3 Å². The van der Waals surface area contributed by atoms with E-state index >= 15 is 0 Å². The molecule has 1 N–H and O–H groups in total. The number of nitrogens with zero attached hydrogens (tertiary/aromatic N) is 2. The van der Waals surface area contributed by atoms with Gasteiger partial charge in [-0.2, -0.15) is 10.2 Å². The van der Waals surface area contributed by atoms with Gasteiger partial charge >= 0.3 is 11.9 Å². The minimum Gasteiger partial charge on any atom is -0.504 e. The van der Waals surface area contributed by atoms with E-state index in [0.29, 0.717) is 36.0 Å². The van der Waals surface area contributed by atoms with Crippen molar-refractivity contribution in [2.75, 3.05) is 20.3 Å². The Morgan fingerprint density at radius 3 is 2.14 bits per heavy atom. The fraction of sp³-hybridized carbons (Fsp3) is 0.200. The molecule has 9 heteroatoms. The lowest BCUT2D eigenvalue weighted by Crippen LogP contribution is -2.08. The number of esters is 2. The highest BCUT2D eigenvalue weighted by Crippen LogP contribution is 2.26. The van der Waals surface area contributed by atoms with E-state index in [1.165, 1.54) is 13.2 Å². The van der Waals surface area contributed by atoms with Crippen LogP contribution in [0.25, 0.3) is 10.8 Å². The number of phenols is 1. The zero-order valence-corrected chi connectivity index (χ0v) is 24.5. The molecule has 4 rings (SSSR count). The zero-order chi connectivity index (χ0) is 31.1. The summed E-state index contributed by atoms with van der Waals surface area (Å²) in [6, 6.07) is 23.0. The predicted octanol–water partition coefficient (Wildman–Crippen LogP) is 6.89. The molecule has 0 unspecified atom stereocenters. The summed E-state index contributed by atoms with van der Waals surface area (Å²) in [5.74, 6) is 0.691. The maximum Gasteiger partial charge on any atom is 0.343 e. The van der Waals surface area contributed by atoms with E-state index in [9.17, 15) is 14.7 Å². The van der Waals surface area contributed by atoms with Crippen molar-refractivity contribution >= 4 is 35.1 Å². The second-order valence-corrected chi connectivity index (χ2v) is 9.74. The van der Waals surface area contributed by atoms with Crippen LogP contribution in [0.1, 0.15) is 47.2 Å². The molecular formula is C35H34N2O7. The molecule has 0 saturated carbocycles. The summed E-state index contributed by atoms with van der Waals surface area (Å²) in [4.78, 5) is 23.7. The van der Waals surface area contributed by atoms with E-state index in [1.54, 1.807) is 54.9 Å². The van der Waals surface area contributed by atoms with Gasteiger partial charge in [0.1, 0.15) is 11.5 Å². The maximum absolute atomic E-state index is 12.7. The molecule has 0 saturated heterocycles. The van der Waals surface area contributed by atoms with Crippen molar-refractivity contribution in [2.24, 2.45) is 10.2 Å². The average Bonchev–Trinajstić information content (AvgIpc) is 3.05. The molecule has 4 aromatic rings. The van der Waals surface area contributed by atoms with Crippen LogP contribution >= 0.6 is 0 Å². The Hall–Kier alpha value is -5.44. The van der Waals surface area contributed by atoms with E-state index in [1.807, 2.05) is 30.3 Å². The van der Waals surface area contributed by atoms with Crippen LogP contribution in [0.5, 0.6) is 23.0 Å². The van der Waals surface area contributed by atoms with Gasteiger partial charge in [0.2, 0.25) is 0 Å². The minimum atomic E-state index is -0.457. The number of ether oxygens (including phenoxy) is 4. The quantitative estimate of drug-likeness (QED) is 0.0398. The third-order valence-corrected chi connectivity index (χ3v) is 6.54. The maximum atomic E-state index is 12.7. The number of methoxy groups -OCH3 is 1. The third-order valence-electron chi connectivity index (χ3n) is 6.54. The molecule has 0 atom stereocenters. The number of rotatable bonds is 15. The van der Waals surface area contributed by atoms with Crippen LogP contribution in [0.3, 0.4) is 0 Å². The highest BCUT2D eigenvalue weighted by atomic mass is 16.5. The summed E-state index contributed by atoms with van der Waals surface area (Å²) in [5, 5.41) is 19.7. The average molecular weight is 595 g/mol. The van der Waals surface area contributed by atoms with Crippen molar-refractivity contribution in [1.29, 1.82) is 0 Å². The van der Waals surface area contributed by atoms with Crippen molar-refractivity contribution < 1.29 is 33.6 Å². The third kappa shape index (κ3) is 9.55. The standard InChI is InChI=1S/C35H34N2O7/c1-3-34(39)43-19-7-5-4-6-18-42-30-14-11-27(12-15-30)35(40)44-31-16-13-28-20-25(8-10-29(28)22-31)23-36-37-24-26-9-17-32(38)33(21-26)41-2/h3,8-17,20-24,38H,1,4-7,18-19H2,2H3/b36-23+,37-24+. The molecule has 0 aliphatic carbocycles. The molecule has 0 aromatic heterocycles. The van der Waals surface area contributed by atoms with Crippen LogP contribution < -0.4 is 14.2 Å². The molecule has 0 amide bonds. The molecule has 0 fully saturated rings. The number of carbonyl (C=O) groups excluding carboxylic acids is 2. The molecule has 4 aromatic carbocycles. The summed E-state index contributed by atoms with van der Waals surface area (Å²) < 4.78 is 21.4. The first-order chi connectivity index (χ1) is 21.4. The van der Waals surface area contributed by atoms with Gasteiger partial charge in [0.25, 0.3) is 0 Å². The molecular weight excluding hydrogens is 560 g/mol. The van der Waals surface area contributed by atoms with Crippen molar-refractivity contribution in [3.8, 4) is 23.0 Å². The SMILES string of the molecule is C=CC(=O)OCCCCCCOc1ccc(C(=O)Oc2ccc3cc(/C=N/N=C/c4ccc(O)c(OC)c4)ccc3c2)cc1. The summed E-state index contributed by atoms with van der Waals surface area (Å²) in [5.41, 5.74) is 2.02. The van der Waals surface area contributed by atoms with Crippen molar-refractivity contribution in [3.63, 3.8) is 0 Å². The fourth-order valence-electron chi connectivity index (χ4n) is 4.19. The lowest BCUT2D eigenvalue weighted by Gasteiger charge is -2.08. The van der Waals surface area contributed by atoms with E-state index in [0.717, 1.165) is 53.7 Å². The first kappa shape index (κ1) is 31.5. The van der Waals surface area contributed by atoms with Crippen LogP contribution in [-0.4, -0.2) is 49.8 Å².